The Morgan fingerprint density at radius 2 is 1.85 bits per heavy atom. The standard InChI is InChI=1S/C23H16ClN3O6S/c1-15-6-4-9-19(24)22(15)26-23(28)17(14-25)12-16-7-5-8-18(13-16)33-34(31,32)21-11-3-2-10-20(21)27(29)30/h2-13H,1H3,(H,26,28)/b17-12+. The highest BCUT2D eigenvalue weighted by Crippen LogP contribution is 2.28. The Morgan fingerprint density at radius 1 is 1.15 bits per heavy atom. The third kappa shape index (κ3) is 5.58. The molecule has 3 aromatic rings. The van der Waals surface area contributed by atoms with E-state index in [0.717, 1.165) is 12.1 Å². The molecule has 9 nitrogen and oxygen atoms in total. The molecule has 0 unspecified atom stereocenters. The molecule has 0 aliphatic heterocycles. The number of halogens is 1. The number of para-hydroxylation sites is 2. The summed E-state index contributed by atoms with van der Waals surface area (Å²) in [4.78, 5) is 22.3. The maximum atomic E-state index is 12.6. The molecular weight excluding hydrogens is 482 g/mol. The van der Waals surface area contributed by atoms with Crippen molar-refractivity contribution in [3.8, 4) is 11.8 Å². The van der Waals surface area contributed by atoms with Crippen LogP contribution in [0.1, 0.15) is 11.1 Å². The first kappa shape index (κ1) is 24.4. The minimum atomic E-state index is -4.53. The van der Waals surface area contributed by atoms with Crippen molar-refractivity contribution in [3.63, 3.8) is 0 Å². The number of rotatable bonds is 7. The highest BCUT2D eigenvalue weighted by atomic mass is 35.5. The Bertz CT molecular complexity index is 1440. The van der Waals surface area contributed by atoms with Gasteiger partial charge in [-0.3, -0.25) is 14.9 Å². The summed E-state index contributed by atoms with van der Waals surface area (Å²) in [5.41, 5.74) is 0.462. The number of nitrogens with zero attached hydrogens (tertiary/aromatic N) is 2. The van der Waals surface area contributed by atoms with Gasteiger partial charge in [-0.25, -0.2) is 0 Å². The summed E-state index contributed by atoms with van der Waals surface area (Å²) < 4.78 is 30.3. The molecular formula is C23H16ClN3O6S. The van der Waals surface area contributed by atoms with Crippen LogP contribution in [0.3, 0.4) is 0 Å². The lowest BCUT2D eigenvalue weighted by Gasteiger charge is -2.10. The number of nitriles is 1. The van der Waals surface area contributed by atoms with Gasteiger partial charge in [0.25, 0.3) is 11.6 Å². The molecule has 0 saturated carbocycles. The molecule has 34 heavy (non-hydrogen) atoms. The van der Waals surface area contributed by atoms with Gasteiger partial charge in [0.1, 0.15) is 17.4 Å². The number of amides is 1. The predicted octanol–water partition coefficient (Wildman–Crippen LogP) is 4.87. The number of nitrogens with one attached hydrogen (secondary N) is 1. The summed E-state index contributed by atoms with van der Waals surface area (Å²) >= 11 is 6.11. The average molecular weight is 498 g/mol. The van der Waals surface area contributed by atoms with Crippen LogP contribution in [0.4, 0.5) is 11.4 Å². The van der Waals surface area contributed by atoms with Gasteiger partial charge in [0.2, 0.25) is 0 Å². The van der Waals surface area contributed by atoms with Crippen LogP contribution in [0.15, 0.2) is 77.2 Å². The van der Waals surface area contributed by atoms with Crippen LogP contribution < -0.4 is 9.50 Å². The van der Waals surface area contributed by atoms with E-state index in [1.54, 1.807) is 31.2 Å². The molecule has 172 valence electrons. The number of benzene rings is 3. The quantitative estimate of drug-likeness (QED) is 0.161. The van der Waals surface area contributed by atoms with Gasteiger partial charge < -0.3 is 9.50 Å². The largest absolute Gasteiger partial charge is 0.379 e. The van der Waals surface area contributed by atoms with E-state index in [9.17, 15) is 28.6 Å². The van der Waals surface area contributed by atoms with Crippen molar-refractivity contribution in [3.05, 3.63) is 98.6 Å². The first-order chi connectivity index (χ1) is 16.1. The number of anilines is 1. The van der Waals surface area contributed by atoms with E-state index in [1.165, 1.54) is 42.5 Å². The summed E-state index contributed by atoms with van der Waals surface area (Å²) in [5, 5.41) is 23.5. The van der Waals surface area contributed by atoms with Crippen molar-refractivity contribution in [2.75, 3.05) is 5.32 Å². The normalized spacial score (nSPS) is 11.4. The van der Waals surface area contributed by atoms with Gasteiger partial charge in [-0.15, -0.1) is 0 Å². The average Bonchev–Trinajstić information content (AvgIpc) is 2.79. The third-order valence-electron chi connectivity index (χ3n) is 4.53. The molecule has 0 heterocycles. The summed E-state index contributed by atoms with van der Waals surface area (Å²) in [5.74, 6) is -0.871. The number of hydrogen-bond donors (Lipinski definition) is 1. The Morgan fingerprint density at radius 3 is 2.53 bits per heavy atom. The lowest BCUT2D eigenvalue weighted by molar-refractivity contribution is -0.387. The van der Waals surface area contributed by atoms with E-state index in [-0.39, 0.29) is 16.9 Å². The fourth-order valence-corrected chi connectivity index (χ4v) is 4.29. The fraction of sp³-hybridized carbons (Fsp3) is 0.0435. The topological polar surface area (TPSA) is 139 Å². The first-order valence-corrected chi connectivity index (χ1v) is 11.4. The number of carbonyl (C=O) groups is 1. The van der Waals surface area contributed by atoms with Crippen LogP contribution in [0.2, 0.25) is 5.02 Å². The van der Waals surface area contributed by atoms with E-state index in [2.05, 4.69) is 5.32 Å². The first-order valence-electron chi connectivity index (χ1n) is 9.58. The Hall–Kier alpha value is -4.20. The Kier molecular flexibility index (Phi) is 7.31. The molecule has 0 aliphatic rings. The van der Waals surface area contributed by atoms with E-state index >= 15 is 0 Å². The zero-order chi connectivity index (χ0) is 24.9. The van der Waals surface area contributed by atoms with Gasteiger partial charge in [-0.05, 0) is 48.4 Å². The smallest absolute Gasteiger partial charge is 0.346 e. The van der Waals surface area contributed by atoms with Crippen molar-refractivity contribution in [2.45, 2.75) is 11.8 Å². The highest BCUT2D eigenvalue weighted by molar-refractivity contribution is 7.87. The maximum absolute atomic E-state index is 12.6. The van der Waals surface area contributed by atoms with Gasteiger partial charge in [-0.1, -0.05) is 48.0 Å². The van der Waals surface area contributed by atoms with Crippen molar-refractivity contribution in [2.24, 2.45) is 0 Å². The lowest BCUT2D eigenvalue weighted by atomic mass is 10.1. The molecule has 11 heteroatoms. The van der Waals surface area contributed by atoms with Gasteiger partial charge in [0.05, 0.1) is 15.6 Å². The maximum Gasteiger partial charge on any atom is 0.346 e. The number of hydrogen-bond acceptors (Lipinski definition) is 7. The SMILES string of the molecule is Cc1cccc(Cl)c1NC(=O)/C(C#N)=C/c1cccc(OS(=O)(=O)c2ccccc2[N+](=O)[O-])c1. The van der Waals surface area contributed by atoms with Gasteiger partial charge >= 0.3 is 10.1 Å². The van der Waals surface area contributed by atoms with Gasteiger partial charge in [-0.2, -0.15) is 13.7 Å². The molecule has 3 aromatic carbocycles. The number of nitro benzene ring substituents is 1. The summed E-state index contributed by atoms with van der Waals surface area (Å²) in [7, 11) is -4.53. The second-order valence-corrected chi connectivity index (χ2v) is 8.81. The number of aryl methyl sites for hydroxylation is 1. The third-order valence-corrected chi connectivity index (χ3v) is 6.14. The van der Waals surface area contributed by atoms with Crippen LogP contribution in [0, 0.1) is 28.4 Å². The van der Waals surface area contributed by atoms with Crippen molar-refractivity contribution in [1.29, 1.82) is 5.26 Å². The summed E-state index contributed by atoms with van der Waals surface area (Å²) in [6, 6.07) is 17.2. The predicted molar refractivity (Wildman–Crippen MR) is 126 cm³/mol. The lowest BCUT2D eigenvalue weighted by Crippen LogP contribution is -2.14. The Labute approximate surface area is 200 Å². The molecule has 0 bridgehead atoms. The molecule has 3 rings (SSSR count). The molecule has 0 radical (unpaired) electrons. The van der Waals surface area contributed by atoms with Crippen molar-refractivity contribution in [1.82, 2.24) is 0 Å². The monoisotopic (exact) mass is 497 g/mol. The Balaban J connectivity index is 1.88. The van der Waals surface area contributed by atoms with E-state index in [4.69, 9.17) is 15.8 Å². The molecule has 0 aromatic heterocycles. The van der Waals surface area contributed by atoms with E-state index < -0.39 is 31.5 Å². The molecule has 1 N–H and O–H groups in total. The van der Waals surface area contributed by atoms with Crippen LogP contribution in [-0.2, 0) is 14.9 Å². The second-order valence-electron chi connectivity index (χ2n) is 6.89. The molecule has 1 amide bonds. The minimum Gasteiger partial charge on any atom is -0.379 e. The number of carbonyl (C=O) groups excluding carboxylic acids is 1. The molecule has 0 spiro atoms. The molecule has 0 saturated heterocycles. The minimum absolute atomic E-state index is 0.161. The summed E-state index contributed by atoms with van der Waals surface area (Å²) in [6.07, 6.45) is 1.24. The molecule has 0 aliphatic carbocycles. The van der Waals surface area contributed by atoms with Crippen LogP contribution in [0.25, 0.3) is 6.08 Å². The number of nitro groups is 1. The molecule has 0 fully saturated rings. The van der Waals surface area contributed by atoms with Crippen molar-refractivity contribution < 1.29 is 22.3 Å². The van der Waals surface area contributed by atoms with Gasteiger partial charge in [0, 0.05) is 6.07 Å². The summed E-state index contributed by atoms with van der Waals surface area (Å²) in [6.45, 7) is 1.75. The molecule has 0 atom stereocenters. The zero-order valence-electron chi connectivity index (χ0n) is 17.6. The highest BCUT2D eigenvalue weighted by Gasteiger charge is 2.27. The van der Waals surface area contributed by atoms with Crippen LogP contribution in [-0.4, -0.2) is 19.2 Å². The van der Waals surface area contributed by atoms with E-state index in [1.807, 2.05) is 0 Å². The zero-order valence-corrected chi connectivity index (χ0v) is 19.1. The second kappa shape index (κ2) is 10.2. The van der Waals surface area contributed by atoms with Gasteiger partial charge in [0.15, 0.2) is 4.90 Å². The van der Waals surface area contributed by atoms with Crippen molar-refractivity contribution >= 4 is 45.1 Å². The van der Waals surface area contributed by atoms with Crippen LogP contribution >= 0.6 is 11.6 Å². The van der Waals surface area contributed by atoms with Crippen LogP contribution in [0.5, 0.6) is 5.75 Å². The fourth-order valence-electron chi connectivity index (χ4n) is 2.93. The van der Waals surface area contributed by atoms with E-state index in [0.29, 0.717) is 16.3 Å².